The molecule has 0 heterocycles. The van der Waals surface area contributed by atoms with Crippen molar-refractivity contribution in [3.05, 3.63) is 59.2 Å². The topological polar surface area (TPSA) is 55.6 Å². The molecule has 0 saturated carbocycles. The van der Waals surface area contributed by atoms with Gasteiger partial charge in [0.25, 0.3) is 5.91 Å². The number of nitrogen functional groups attached to an aromatic ring is 1. The van der Waals surface area contributed by atoms with Crippen LogP contribution in [0.2, 0.25) is 0 Å². The van der Waals surface area contributed by atoms with E-state index in [2.05, 4.69) is 0 Å². The van der Waals surface area contributed by atoms with Crippen LogP contribution in [0.4, 0.5) is 5.69 Å². The van der Waals surface area contributed by atoms with Gasteiger partial charge in [0, 0.05) is 30.4 Å². The van der Waals surface area contributed by atoms with E-state index in [1.807, 2.05) is 25.1 Å². The Morgan fingerprint density at radius 1 is 1.19 bits per heavy atom. The first-order chi connectivity index (χ1) is 10.0. The molecule has 2 N–H and O–H groups in total. The fraction of sp³-hybridized carbons (Fsp3) is 0.235. The van der Waals surface area contributed by atoms with Crippen LogP contribution in [0, 0.1) is 6.92 Å². The first-order valence-corrected chi connectivity index (χ1v) is 6.76. The van der Waals surface area contributed by atoms with Crippen LogP contribution in [0.15, 0.2) is 42.5 Å². The SMILES string of the molecule is COc1ccc(C)cc1CN(C)C(=O)c1ccc(N)cc1. The second-order valence-electron chi connectivity index (χ2n) is 5.10. The van der Waals surface area contributed by atoms with Gasteiger partial charge in [0.2, 0.25) is 0 Å². The number of nitrogens with two attached hydrogens (primary N) is 1. The summed E-state index contributed by atoms with van der Waals surface area (Å²) in [5.41, 5.74) is 9.04. The predicted octanol–water partition coefficient (Wildman–Crippen LogP) is 2.86. The van der Waals surface area contributed by atoms with Gasteiger partial charge >= 0.3 is 0 Å². The number of methoxy groups -OCH3 is 1. The molecule has 0 saturated heterocycles. The summed E-state index contributed by atoms with van der Waals surface area (Å²) in [4.78, 5) is 14.1. The molecular formula is C17H20N2O2. The molecule has 0 aromatic heterocycles. The molecule has 4 nitrogen and oxygen atoms in total. The van der Waals surface area contributed by atoms with Gasteiger partial charge in [-0.1, -0.05) is 17.7 Å². The van der Waals surface area contributed by atoms with E-state index < -0.39 is 0 Å². The largest absolute Gasteiger partial charge is 0.496 e. The number of amides is 1. The minimum absolute atomic E-state index is 0.0430. The average Bonchev–Trinajstić information content (AvgIpc) is 2.47. The van der Waals surface area contributed by atoms with Crippen LogP contribution >= 0.6 is 0 Å². The van der Waals surface area contributed by atoms with E-state index in [-0.39, 0.29) is 5.91 Å². The Labute approximate surface area is 125 Å². The van der Waals surface area contributed by atoms with Gasteiger partial charge in [-0.05, 0) is 37.3 Å². The molecule has 21 heavy (non-hydrogen) atoms. The zero-order valence-corrected chi connectivity index (χ0v) is 12.6. The van der Waals surface area contributed by atoms with Gasteiger partial charge < -0.3 is 15.4 Å². The Hall–Kier alpha value is -2.49. The van der Waals surface area contributed by atoms with E-state index in [1.165, 1.54) is 0 Å². The lowest BCUT2D eigenvalue weighted by Gasteiger charge is -2.19. The smallest absolute Gasteiger partial charge is 0.253 e. The Balaban J connectivity index is 2.17. The van der Waals surface area contributed by atoms with Gasteiger partial charge in [-0.2, -0.15) is 0 Å². The molecule has 0 atom stereocenters. The van der Waals surface area contributed by atoms with Crippen LogP contribution < -0.4 is 10.5 Å². The van der Waals surface area contributed by atoms with Gasteiger partial charge in [-0.3, -0.25) is 4.79 Å². The predicted molar refractivity (Wildman–Crippen MR) is 84.4 cm³/mol. The fourth-order valence-electron chi connectivity index (χ4n) is 2.20. The lowest BCUT2D eigenvalue weighted by atomic mass is 10.1. The van der Waals surface area contributed by atoms with Crippen molar-refractivity contribution >= 4 is 11.6 Å². The van der Waals surface area contributed by atoms with E-state index in [0.717, 1.165) is 16.9 Å². The summed E-state index contributed by atoms with van der Waals surface area (Å²) in [6.45, 7) is 2.51. The van der Waals surface area contributed by atoms with Crippen LogP contribution in [0.1, 0.15) is 21.5 Å². The maximum Gasteiger partial charge on any atom is 0.253 e. The number of nitrogens with zero attached hydrogens (tertiary/aromatic N) is 1. The zero-order chi connectivity index (χ0) is 15.4. The number of benzene rings is 2. The molecule has 0 aliphatic carbocycles. The van der Waals surface area contributed by atoms with Crippen LogP contribution in [-0.2, 0) is 6.54 Å². The van der Waals surface area contributed by atoms with Crippen molar-refractivity contribution < 1.29 is 9.53 Å². The number of hydrogen-bond acceptors (Lipinski definition) is 3. The van der Waals surface area contributed by atoms with Gasteiger partial charge in [0.05, 0.1) is 7.11 Å². The maximum atomic E-state index is 12.4. The second kappa shape index (κ2) is 6.31. The van der Waals surface area contributed by atoms with E-state index in [9.17, 15) is 4.79 Å². The van der Waals surface area contributed by atoms with E-state index >= 15 is 0 Å². The van der Waals surface area contributed by atoms with Crippen LogP contribution in [0.3, 0.4) is 0 Å². The third kappa shape index (κ3) is 3.54. The minimum atomic E-state index is -0.0430. The molecule has 2 rings (SSSR count). The van der Waals surface area contributed by atoms with Crippen LogP contribution in [0.5, 0.6) is 5.75 Å². The lowest BCUT2D eigenvalue weighted by molar-refractivity contribution is 0.0784. The third-order valence-electron chi connectivity index (χ3n) is 3.35. The molecule has 4 heteroatoms. The summed E-state index contributed by atoms with van der Waals surface area (Å²) in [6, 6.07) is 12.9. The molecule has 0 fully saturated rings. The highest BCUT2D eigenvalue weighted by Crippen LogP contribution is 2.21. The summed E-state index contributed by atoms with van der Waals surface area (Å²) >= 11 is 0. The summed E-state index contributed by atoms with van der Waals surface area (Å²) < 4.78 is 5.35. The molecule has 0 aliphatic rings. The van der Waals surface area contributed by atoms with Gasteiger partial charge in [-0.25, -0.2) is 0 Å². The summed E-state index contributed by atoms with van der Waals surface area (Å²) in [7, 11) is 3.41. The summed E-state index contributed by atoms with van der Waals surface area (Å²) in [5.74, 6) is 0.746. The van der Waals surface area contributed by atoms with E-state index in [0.29, 0.717) is 17.8 Å². The highest BCUT2D eigenvalue weighted by molar-refractivity contribution is 5.94. The molecule has 1 amide bonds. The van der Waals surface area contributed by atoms with Gasteiger partial charge in [-0.15, -0.1) is 0 Å². The lowest BCUT2D eigenvalue weighted by Crippen LogP contribution is -2.26. The van der Waals surface area contributed by atoms with Gasteiger partial charge in [0.15, 0.2) is 0 Å². The van der Waals surface area contributed by atoms with Crippen molar-refractivity contribution in [1.29, 1.82) is 0 Å². The highest BCUT2D eigenvalue weighted by atomic mass is 16.5. The number of aryl methyl sites for hydroxylation is 1. The third-order valence-corrected chi connectivity index (χ3v) is 3.35. The Morgan fingerprint density at radius 2 is 1.86 bits per heavy atom. The maximum absolute atomic E-state index is 12.4. The molecule has 0 aliphatic heterocycles. The molecule has 0 bridgehead atoms. The number of rotatable bonds is 4. The normalized spacial score (nSPS) is 10.2. The Kier molecular flexibility index (Phi) is 4.48. The fourth-order valence-corrected chi connectivity index (χ4v) is 2.20. The molecule has 2 aromatic carbocycles. The monoisotopic (exact) mass is 284 g/mol. The average molecular weight is 284 g/mol. The number of anilines is 1. The van der Waals surface area contributed by atoms with E-state index in [4.69, 9.17) is 10.5 Å². The molecule has 2 aromatic rings. The van der Waals surface area contributed by atoms with Crippen LogP contribution in [-0.4, -0.2) is 25.0 Å². The minimum Gasteiger partial charge on any atom is -0.496 e. The molecule has 0 radical (unpaired) electrons. The Morgan fingerprint density at radius 3 is 2.48 bits per heavy atom. The first-order valence-electron chi connectivity index (χ1n) is 6.76. The Bertz CT molecular complexity index is 636. The number of carbonyl (C=O) groups excluding carboxylic acids is 1. The second-order valence-corrected chi connectivity index (χ2v) is 5.10. The van der Waals surface area contributed by atoms with Crippen molar-refractivity contribution in [2.24, 2.45) is 0 Å². The molecule has 0 unspecified atom stereocenters. The number of hydrogen-bond donors (Lipinski definition) is 1. The van der Waals surface area contributed by atoms with Crippen molar-refractivity contribution in [2.45, 2.75) is 13.5 Å². The standard InChI is InChI=1S/C17H20N2O2/c1-12-4-9-16(21-3)14(10-12)11-19(2)17(20)13-5-7-15(18)8-6-13/h4-10H,11,18H2,1-3H3. The van der Waals surface area contributed by atoms with Crippen LogP contribution in [0.25, 0.3) is 0 Å². The van der Waals surface area contributed by atoms with E-state index in [1.54, 1.807) is 43.3 Å². The van der Waals surface area contributed by atoms with Crippen molar-refractivity contribution in [2.75, 3.05) is 19.9 Å². The molecule has 0 spiro atoms. The van der Waals surface area contributed by atoms with Crippen molar-refractivity contribution in [3.8, 4) is 5.75 Å². The quantitative estimate of drug-likeness (QED) is 0.878. The summed E-state index contributed by atoms with van der Waals surface area (Å²) in [5, 5.41) is 0. The zero-order valence-electron chi connectivity index (χ0n) is 12.6. The highest BCUT2D eigenvalue weighted by Gasteiger charge is 2.14. The van der Waals surface area contributed by atoms with Gasteiger partial charge in [0.1, 0.15) is 5.75 Å². The van der Waals surface area contributed by atoms with Crippen molar-refractivity contribution in [3.63, 3.8) is 0 Å². The number of ether oxygens (including phenoxy) is 1. The molecular weight excluding hydrogens is 264 g/mol. The van der Waals surface area contributed by atoms with Crippen molar-refractivity contribution in [1.82, 2.24) is 4.90 Å². The number of carbonyl (C=O) groups is 1. The summed E-state index contributed by atoms with van der Waals surface area (Å²) in [6.07, 6.45) is 0. The first kappa shape index (κ1) is 14.9. The molecule has 110 valence electrons.